The van der Waals surface area contributed by atoms with Gasteiger partial charge in [-0.3, -0.25) is 0 Å². The second kappa shape index (κ2) is 6.80. The van der Waals surface area contributed by atoms with Crippen LogP contribution in [0.4, 0.5) is 11.5 Å². The highest BCUT2D eigenvalue weighted by Gasteiger charge is 2.16. The normalized spacial score (nSPS) is 12.7. The van der Waals surface area contributed by atoms with Crippen molar-refractivity contribution >= 4 is 33.1 Å². The molecule has 0 unspecified atom stereocenters. The summed E-state index contributed by atoms with van der Waals surface area (Å²) in [5.41, 5.74) is 4.54. The third-order valence-corrected chi connectivity index (χ3v) is 5.78. The predicted octanol–water partition coefficient (Wildman–Crippen LogP) is 5.95. The van der Waals surface area contributed by atoms with Gasteiger partial charge >= 0.3 is 0 Å². The Labute approximate surface area is 167 Å². The van der Waals surface area contributed by atoms with Crippen LogP contribution in [0.2, 0.25) is 0 Å². The van der Waals surface area contributed by atoms with Crippen LogP contribution in [-0.4, -0.2) is 16.8 Å². The van der Waals surface area contributed by atoms with Crippen LogP contribution >= 0.6 is 11.3 Å². The van der Waals surface area contributed by atoms with E-state index in [4.69, 9.17) is 9.47 Å². The Hall–Kier alpha value is -3.12. The predicted molar refractivity (Wildman–Crippen MR) is 113 cm³/mol. The summed E-state index contributed by atoms with van der Waals surface area (Å²) in [7, 11) is 0. The zero-order valence-corrected chi connectivity index (χ0v) is 16.4. The third-order valence-electron chi connectivity index (χ3n) is 4.89. The molecule has 0 atom stereocenters. The number of anilines is 2. The van der Waals surface area contributed by atoms with Gasteiger partial charge in [-0.2, -0.15) is 0 Å². The Morgan fingerprint density at radius 2 is 1.82 bits per heavy atom. The maximum absolute atomic E-state index is 5.48. The maximum atomic E-state index is 5.48. The molecule has 1 aliphatic rings. The molecule has 0 saturated heterocycles. The monoisotopic (exact) mass is 389 g/mol. The highest BCUT2D eigenvalue weighted by Crippen LogP contribution is 2.39. The number of fused-ring (bicyclic) bond motifs is 2. The fraction of sp³-hybridized carbons (Fsp3) is 0.182. The molecule has 0 radical (unpaired) electrons. The van der Waals surface area contributed by atoms with E-state index in [2.05, 4.69) is 58.8 Å². The summed E-state index contributed by atoms with van der Waals surface area (Å²) < 4.78 is 10.9. The van der Waals surface area contributed by atoms with Crippen LogP contribution in [0.3, 0.4) is 0 Å². The number of ether oxygens (including phenoxy) is 2. The Kier molecular flexibility index (Phi) is 4.13. The zero-order valence-electron chi connectivity index (χ0n) is 15.6. The number of benzene rings is 2. The molecule has 0 spiro atoms. The van der Waals surface area contributed by atoms with Crippen LogP contribution in [0.15, 0.2) is 54.2 Å². The molecule has 2 aromatic carbocycles. The van der Waals surface area contributed by atoms with Crippen LogP contribution in [-0.2, 0) is 0 Å². The summed E-state index contributed by atoms with van der Waals surface area (Å²) in [6.07, 6.45) is 1.60. The molecule has 1 aliphatic heterocycles. The van der Waals surface area contributed by atoms with Crippen molar-refractivity contribution in [3.05, 3.63) is 59.7 Å². The lowest BCUT2D eigenvalue weighted by Gasteiger charge is -2.10. The van der Waals surface area contributed by atoms with E-state index in [0.29, 0.717) is 5.92 Å². The molecular weight excluding hydrogens is 370 g/mol. The number of aromatic nitrogens is 2. The summed E-state index contributed by atoms with van der Waals surface area (Å²) >= 11 is 1.63. The minimum Gasteiger partial charge on any atom is -0.454 e. The number of hydrogen-bond acceptors (Lipinski definition) is 6. The average molecular weight is 389 g/mol. The standard InChI is InChI=1S/C22H19N3O2S/c1-13(2)14-3-5-15(6-4-14)17-10-28-22-20(17)21(23-11-24-22)25-16-7-8-18-19(9-16)27-12-26-18/h3-11,13H,12H2,1-2H3,(H,23,24,25). The summed E-state index contributed by atoms with van der Waals surface area (Å²) in [4.78, 5) is 9.93. The molecule has 3 heterocycles. The minimum atomic E-state index is 0.261. The lowest BCUT2D eigenvalue weighted by Crippen LogP contribution is -1.96. The number of hydrogen-bond donors (Lipinski definition) is 1. The molecular formula is C22H19N3O2S. The molecule has 28 heavy (non-hydrogen) atoms. The zero-order chi connectivity index (χ0) is 19.1. The topological polar surface area (TPSA) is 56.3 Å². The second-order valence-corrected chi connectivity index (χ2v) is 7.88. The van der Waals surface area contributed by atoms with Crippen molar-refractivity contribution in [3.63, 3.8) is 0 Å². The molecule has 5 rings (SSSR count). The summed E-state index contributed by atoms with van der Waals surface area (Å²) in [5, 5.41) is 6.60. The molecule has 0 aliphatic carbocycles. The van der Waals surface area contributed by atoms with Crippen LogP contribution in [0, 0.1) is 0 Å². The van der Waals surface area contributed by atoms with E-state index in [1.54, 1.807) is 17.7 Å². The smallest absolute Gasteiger partial charge is 0.231 e. The largest absolute Gasteiger partial charge is 0.454 e. The average Bonchev–Trinajstić information content (AvgIpc) is 3.35. The van der Waals surface area contributed by atoms with Gasteiger partial charge in [0.1, 0.15) is 17.0 Å². The number of nitrogens with zero attached hydrogens (tertiary/aromatic N) is 2. The van der Waals surface area contributed by atoms with Gasteiger partial charge in [-0.25, -0.2) is 9.97 Å². The van der Waals surface area contributed by atoms with Crippen LogP contribution in [0.1, 0.15) is 25.3 Å². The van der Waals surface area contributed by atoms with E-state index >= 15 is 0 Å². The first-order chi connectivity index (χ1) is 13.7. The molecule has 0 saturated carbocycles. The maximum Gasteiger partial charge on any atom is 0.231 e. The number of rotatable bonds is 4. The lowest BCUT2D eigenvalue weighted by atomic mass is 9.99. The van der Waals surface area contributed by atoms with E-state index < -0.39 is 0 Å². The van der Waals surface area contributed by atoms with Gasteiger partial charge in [0.05, 0.1) is 5.39 Å². The molecule has 4 aromatic rings. The molecule has 140 valence electrons. The van der Waals surface area contributed by atoms with Gasteiger partial charge in [-0.1, -0.05) is 38.1 Å². The molecule has 0 fully saturated rings. The van der Waals surface area contributed by atoms with E-state index in [0.717, 1.165) is 38.8 Å². The Morgan fingerprint density at radius 3 is 2.64 bits per heavy atom. The first-order valence-electron chi connectivity index (χ1n) is 9.18. The van der Waals surface area contributed by atoms with Gasteiger partial charge in [-0.05, 0) is 29.2 Å². The van der Waals surface area contributed by atoms with Crippen LogP contribution in [0.5, 0.6) is 11.5 Å². The van der Waals surface area contributed by atoms with Gasteiger partial charge in [-0.15, -0.1) is 11.3 Å². The Morgan fingerprint density at radius 1 is 1.00 bits per heavy atom. The van der Waals surface area contributed by atoms with Gasteiger partial charge in [0.25, 0.3) is 0 Å². The highest BCUT2D eigenvalue weighted by atomic mass is 32.1. The Balaban J connectivity index is 1.55. The van der Waals surface area contributed by atoms with E-state index in [-0.39, 0.29) is 6.79 Å². The summed E-state index contributed by atoms with van der Waals surface area (Å²) in [6, 6.07) is 14.5. The fourth-order valence-corrected chi connectivity index (χ4v) is 4.26. The Bertz CT molecular complexity index is 1150. The van der Waals surface area contributed by atoms with Crippen molar-refractivity contribution < 1.29 is 9.47 Å². The van der Waals surface area contributed by atoms with Crippen molar-refractivity contribution in [2.75, 3.05) is 12.1 Å². The minimum absolute atomic E-state index is 0.261. The van der Waals surface area contributed by atoms with Crippen LogP contribution < -0.4 is 14.8 Å². The van der Waals surface area contributed by atoms with Gasteiger partial charge in [0, 0.05) is 22.7 Å². The van der Waals surface area contributed by atoms with Crippen LogP contribution in [0.25, 0.3) is 21.3 Å². The van der Waals surface area contributed by atoms with Crippen molar-refractivity contribution in [2.45, 2.75) is 19.8 Å². The first-order valence-corrected chi connectivity index (χ1v) is 10.1. The van der Waals surface area contributed by atoms with Crippen molar-refractivity contribution in [2.24, 2.45) is 0 Å². The molecule has 0 bridgehead atoms. The second-order valence-electron chi connectivity index (χ2n) is 7.02. The quantitative estimate of drug-likeness (QED) is 0.467. The van der Waals surface area contributed by atoms with Crippen molar-refractivity contribution in [1.82, 2.24) is 9.97 Å². The molecule has 2 aromatic heterocycles. The molecule has 5 nitrogen and oxygen atoms in total. The third kappa shape index (κ3) is 2.96. The van der Waals surface area contributed by atoms with E-state index in [1.807, 2.05) is 18.2 Å². The fourth-order valence-electron chi connectivity index (χ4n) is 3.34. The lowest BCUT2D eigenvalue weighted by molar-refractivity contribution is 0.174. The van der Waals surface area contributed by atoms with Gasteiger partial charge in [0.15, 0.2) is 11.5 Å². The van der Waals surface area contributed by atoms with Crippen molar-refractivity contribution in [1.29, 1.82) is 0 Å². The highest BCUT2D eigenvalue weighted by molar-refractivity contribution is 7.17. The van der Waals surface area contributed by atoms with Crippen molar-refractivity contribution in [3.8, 4) is 22.6 Å². The van der Waals surface area contributed by atoms with Gasteiger partial charge in [0.2, 0.25) is 6.79 Å². The summed E-state index contributed by atoms with van der Waals surface area (Å²) in [6.45, 7) is 4.67. The number of thiophene rings is 1. The van der Waals surface area contributed by atoms with E-state index in [1.165, 1.54) is 11.1 Å². The SMILES string of the molecule is CC(C)c1ccc(-c2csc3ncnc(Nc4ccc5c(c4)OCO5)c23)cc1. The molecule has 6 heteroatoms. The summed E-state index contributed by atoms with van der Waals surface area (Å²) in [5.74, 6) is 2.80. The van der Waals surface area contributed by atoms with Gasteiger partial charge < -0.3 is 14.8 Å². The van der Waals surface area contributed by atoms with E-state index in [9.17, 15) is 0 Å². The molecule has 1 N–H and O–H groups in total. The first kappa shape index (κ1) is 17.0. The molecule has 0 amide bonds. The number of nitrogens with one attached hydrogen (secondary N) is 1.